The molecule has 0 bridgehead atoms. The summed E-state index contributed by atoms with van der Waals surface area (Å²) in [4.78, 5) is 6.85. The van der Waals surface area contributed by atoms with Crippen LogP contribution in [0.15, 0.2) is 6.33 Å². The fourth-order valence-corrected chi connectivity index (χ4v) is 3.55. The minimum atomic E-state index is 0.265. The predicted octanol–water partition coefficient (Wildman–Crippen LogP) is 1.60. The largest absolute Gasteiger partial charge is 0.312 e. The molecule has 1 aromatic heterocycles. The molecule has 1 aliphatic rings. The number of aromatic nitrogens is 3. The van der Waals surface area contributed by atoms with Crippen molar-refractivity contribution in [3.05, 3.63) is 12.2 Å². The second-order valence-electron chi connectivity index (χ2n) is 6.22. The molecule has 5 nitrogen and oxygen atoms in total. The summed E-state index contributed by atoms with van der Waals surface area (Å²) in [6.45, 7) is 3.29. The molecule has 0 radical (unpaired) electrons. The highest BCUT2D eigenvalue weighted by Crippen LogP contribution is 2.37. The van der Waals surface area contributed by atoms with Gasteiger partial charge >= 0.3 is 0 Å². The van der Waals surface area contributed by atoms with Crippen LogP contribution in [0.25, 0.3) is 0 Å². The lowest BCUT2D eigenvalue weighted by molar-refractivity contribution is 0.103. The number of hydrogen-bond acceptors (Lipinski definition) is 4. The van der Waals surface area contributed by atoms with Crippen molar-refractivity contribution in [3.63, 3.8) is 0 Å². The quantitative estimate of drug-likeness (QED) is 0.823. The van der Waals surface area contributed by atoms with Gasteiger partial charge in [-0.05, 0) is 39.9 Å². The van der Waals surface area contributed by atoms with Crippen LogP contribution in [-0.2, 0) is 13.5 Å². The summed E-state index contributed by atoms with van der Waals surface area (Å²) in [5, 5.41) is 7.98. The van der Waals surface area contributed by atoms with Crippen LogP contribution in [0.1, 0.15) is 44.9 Å². The first-order valence-corrected chi connectivity index (χ1v) is 7.84. The van der Waals surface area contributed by atoms with Crippen LogP contribution in [0.2, 0.25) is 0 Å². The van der Waals surface area contributed by atoms with Crippen molar-refractivity contribution in [3.8, 4) is 0 Å². The van der Waals surface area contributed by atoms with Gasteiger partial charge in [-0.1, -0.05) is 19.8 Å². The molecule has 5 heteroatoms. The van der Waals surface area contributed by atoms with Gasteiger partial charge in [0.2, 0.25) is 0 Å². The van der Waals surface area contributed by atoms with E-state index < -0.39 is 0 Å². The van der Waals surface area contributed by atoms with Crippen LogP contribution in [0.4, 0.5) is 0 Å². The smallest absolute Gasteiger partial charge is 0.138 e. The molecule has 0 aliphatic heterocycles. The van der Waals surface area contributed by atoms with Gasteiger partial charge < -0.3 is 10.2 Å². The van der Waals surface area contributed by atoms with E-state index in [0.717, 1.165) is 18.8 Å². The Morgan fingerprint density at radius 3 is 2.60 bits per heavy atom. The Kier molecular flexibility index (Phi) is 5.16. The van der Waals surface area contributed by atoms with Crippen LogP contribution in [0.3, 0.4) is 0 Å². The van der Waals surface area contributed by atoms with E-state index >= 15 is 0 Å². The van der Waals surface area contributed by atoms with E-state index in [4.69, 9.17) is 0 Å². The Bertz CT molecular complexity index is 406. The second-order valence-corrected chi connectivity index (χ2v) is 6.22. The number of hydrogen-bond donors (Lipinski definition) is 1. The lowest BCUT2D eigenvalue weighted by Crippen LogP contribution is -2.58. The van der Waals surface area contributed by atoms with E-state index in [2.05, 4.69) is 41.3 Å². The molecule has 0 spiro atoms. The van der Waals surface area contributed by atoms with Crippen LogP contribution >= 0.6 is 0 Å². The first-order chi connectivity index (χ1) is 9.60. The van der Waals surface area contributed by atoms with Gasteiger partial charge in [-0.2, -0.15) is 5.10 Å². The molecule has 1 saturated carbocycles. The summed E-state index contributed by atoms with van der Waals surface area (Å²) in [5.41, 5.74) is 0.265. The molecule has 0 amide bonds. The number of aryl methyl sites for hydroxylation is 1. The second kappa shape index (κ2) is 6.68. The van der Waals surface area contributed by atoms with Crippen molar-refractivity contribution in [1.29, 1.82) is 0 Å². The molecule has 114 valence electrons. The maximum Gasteiger partial charge on any atom is 0.138 e. The summed E-state index contributed by atoms with van der Waals surface area (Å²) < 4.78 is 1.90. The number of rotatable bonds is 7. The zero-order chi connectivity index (χ0) is 14.6. The van der Waals surface area contributed by atoms with Gasteiger partial charge in [0.15, 0.2) is 0 Å². The van der Waals surface area contributed by atoms with Crippen molar-refractivity contribution in [1.82, 2.24) is 25.0 Å². The molecular weight excluding hydrogens is 250 g/mol. The van der Waals surface area contributed by atoms with Crippen LogP contribution in [-0.4, -0.2) is 51.9 Å². The zero-order valence-corrected chi connectivity index (χ0v) is 13.4. The Balaban J connectivity index is 2.19. The van der Waals surface area contributed by atoms with E-state index in [1.165, 1.54) is 32.1 Å². The molecule has 20 heavy (non-hydrogen) atoms. The van der Waals surface area contributed by atoms with Crippen molar-refractivity contribution >= 4 is 0 Å². The lowest BCUT2D eigenvalue weighted by atomic mass is 9.84. The summed E-state index contributed by atoms with van der Waals surface area (Å²) in [5.74, 6) is 1.08. The highest BCUT2D eigenvalue weighted by molar-refractivity contribution is 5.06. The molecule has 1 unspecified atom stereocenters. The first kappa shape index (κ1) is 15.4. The maximum absolute atomic E-state index is 4.42. The van der Waals surface area contributed by atoms with Crippen LogP contribution < -0.4 is 5.32 Å². The molecule has 1 atom stereocenters. The Morgan fingerprint density at radius 1 is 1.40 bits per heavy atom. The van der Waals surface area contributed by atoms with Gasteiger partial charge in [-0.15, -0.1) is 0 Å². The number of nitrogens with one attached hydrogen (secondary N) is 1. The van der Waals surface area contributed by atoms with Crippen molar-refractivity contribution < 1.29 is 0 Å². The molecular formula is C15H29N5. The molecule has 1 fully saturated rings. The summed E-state index contributed by atoms with van der Waals surface area (Å²) >= 11 is 0. The molecule has 2 rings (SSSR count). The normalized spacial score (nSPS) is 19.6. The Morgan fingerprint density at radius 2 is 2.10 bits per heavy atom. The van der Waals surface area contributed by atoms with E-state index in [1.807, 2.05) is 11.7 Å². The van der Waals surface area contributed by atoms with Crippen LogP contribution in [0.5, 0.6) is 0 Å². The summed E-state index contributed by atoms with van der Waals surface area (Å²) in [6, 6.07) is 0.447. The fraction of sp³-hybridized carbons (Fsp3) is 0.867. The zero-order valence-electron chi connectivity index (χ0n) is 13.4. The molecule has 0 aromatic carbocycles. The highest BCUT2D eigenvalue weighted by Gasteiger charge is 2.43. The van der Waals surface area contributed by atoms with Gasteiger partial charge in [0, 0.05) is 25.0 Å². The van der Waals surface area contributed by atoms with E-state index in [0.29, 0.717) is 6.04 Å². The van der Waals surface area contributed by atoms with Gasteiger partial charge in [0.05, 0.1) is 0 Å². The SMILES string of the molecule is CCCNC(Cc1ncnn1C)C1(N(C)C)CCCC1. The molecule has 1 N–H and O–H groups in total. The topological polar surface area (TPSA) is 46.0 Å². The maximum atomic E-state index is 4.42. The monoisotopic (exact) mass is 279 g/mol. The third kappa shape index (κ3) is 3.04. The minimum absolute atomic E-state index is 0.265. The van der Waals surface area contributed by atoms with Gasteiger partial charge in [-0.3, -0.25) is 4.68 Å². The van der Waals surface area contributed by atoms with Crippen molar-refractivity contribution in [2.24, 2.45) is 7.05 Å². The van der Waals surface area contributed by atoms with Crippen LogP contribution in [0, 0.1) is 0 Å². The minimum Gasteiger partial charge on any atom is -0.312 e. The van der Waals surface area contributed by atoms with Gasteiger partial charge in [-0.25, -0.2) is 4.98 Å². The fourth-order valence-electron chi connectivity index (χ4n) is 3.55. The number of likely N-dealkylation sites (N-methyl/N-ethyl adjacent to an activating group) is 1. The Labute approximate surface area is 122 Å². The highest BCUT2D eigenvalue weighted by atomic mass is 15.3. The average Bonchev–Trinajstić information content (AvgIpc) is 3.04. The molecule has 1 aliphatic carbocycles. The molecule has 1 heterocycles. The molecule has 0 saturated heterocycles. The van der Waals surface area contributed by atoms with Crippen molar-refractivity contribution in [2.45, 2.75) is 57.0 Å². The van der Waals surface area contributed by atoms with Crippen molar-refractivity contribution in [2.75, 3.05) is 20.6 Å². The third-order valence-electron chi connectivity index (χ3n) is 4.84. The Hall–Kier alpha value is -0.940. The lowest BCUT2D eigenvalue weighted by Gasteiger charge is -2.43. The predicted molar refractivity (Wildman–Crippen MR) is 81.7 cm³/mol. The molecule has 1 aromatic rings. The first-order valence-electron chi connectivity index (χ1n) is 7.84. The van der Waals surface area contributed by atoms with E-state index in [9.17, 15) is 0 Å². The third-order valence-corrected chi connectivity index (χ3v) is 4.84. The average molecular weight is 279 g/mol. The van der Waals surface area contributed by atoms with Gasteiger partial charge in [0.25, 0.3) is 0 Å². The standard InChI is InChI=1S/C15H29N5/c1-5-10-16-13(11-14-17-12-18-20(14)4)15(19(2)3)8-6-7-9-15/h12-13,16H,5-11H2,1-4H3. The number of nitrogens with zero attached hydrogens (tertiary/aromatic N) is 4. The van der Waals surface area contributed by atoms with E-state index in [1.54, 1.807) is 6.33 Å². The summed E-state index contributed by atoms with van der Waals surface area (Å²) in [6.07, 6.45) is 9.00. The summed E-state index contributed by atoms with van der Waals surface area (Å²) in [7, 11) is 6.43. The van der Waals surface area contributed by atoms with E-state index in [-0.39, 0.29) is 5.54 Å². The van der Waals surface area contributed by atoms with Gasteiger partial charge in [0.1, 0.15) is 12.2 Å².